The molecule has 130 valence electrons. The Labute approximate surface area is 147 Å². The lowest BCUT2D eigenvalue weighted by molar-refractivity contribution is -0.138. The van der Waals surface area contributed by atoms with Gasteiger partial charge in [-0.1, -0.05) is 18.0 Å². The van der Waals surface area contributed by atoms with Crippen LogP contribution in [0.25, 0.3) is 0 Å². The van der Waals surface area contributed by atoms with Crippen molar-refractivity contribution in [2.24, 2.45) is 17.6 Å². The molecule has 0 bridgehead atoms. The molecule has 5 nitrogen and oxygen atoms in total. The zero-order valence-corrected chi connectivity index (χ0v) is 14.5. The number of amides is 2. The first-order chi connectivity index (χ1) is 11.6. The summed E-state index contributed by atoms with van der Waals surface area (Å²) in [4.78, 5) is 28.9. The van der Waals surface area contributed by atoms with Crippen LogP contribution in [0.15, 0.2) is 24.3 Å². The van der Waals surface area contributed by atoms with Gasteiger partial charge in [0.2, 0.25) is 5.91 Å². The molecule has 1 aromatic carbocycles. The molecule has 0 unspecified atom stereocenters. The third kappa shape index (κ3) is 3.57. The van der Waals surface area contributed by atoms with Gasteiger partial charge in [-0.25, -0.2) is 0 Å². The van der Waals surface area contributed by atoms with E-state index in [9.17, 15) is 9.59 Å². The number of carbonyl (C=O) groups excluding carboxylic acids is 2. The van der Waals surface area contributed by atoms with Crippen LogP contribution in [0.2, 0.25) is 5.02 Å². The predicted molar refractivity (Wildman–Crippen MR) is 93.8 cm³/mol. The lowest BCUT2D eigenvalue weighted by Gasteiger charge is -2.36. The Morgan fingerprint density at radius 1 is 1.04 bits per heavy atom. The second kappa shape index (κ2) is 7.53. The number of nitrogens with two attached hydrogens (primary N) is 1. The van der Waals surface area contributed by atoms with Crippen LogP contribution >= 0.6 is 11.6 Å². The molecule has 0 radical (unpaired) electrons. The zero-order chi connectivity index (χ0) is 17.1. The molecule has 0 aromatic heterocycles. The maximum Gasteiger partial charge on any atom is 0.253 e. The summed E-state index contributed by atoms with van der Waals surface area (Å²) in [5.41, 5.74) is 6.43. The summed E-state index contributed by atoms with van der Waals surface area (Å²) in [6.45, 7) is 2.95. The highest BCUT2D eigenvalue weighted by atomic mass is 35.5. The van der Waals surface area contributed by atoms with E-state index >= 15 is 0 Å². The molecular formula is C18H24ClN3O2. The topological polar surface area (TPSA) is 66.6 Å². The van der Waals surface area contributed by atoms with Gasteiger partial charge >= 0.3 is 0 Å². The lowest BCUT2D eigenvalue weighted by atomic mass is 9.94. The summed E-state index contributed by atoms with van der Waals surface area (Å²) in [6.07, 6.45) is 3.10. The van der Waals surface area contributed by atoms with Gasteiger partial charge in [0.1, 0.15) is 0 Å². The van der Waals surface area contributed by atoms with Crippen molar-refractivity contribution in [1.29, 1.82) is 0 Å². The Hall–Kier alpha value is -1.59. The fourth-order valence-electron chi connectivity index (χ4n) is 3.78. The standard InChI is InChI=1S/C18H24ClN3O2/c19-15-6-4-13(5-7-15)17(23)21-8-10-22(11-9-21)18(24)16-3-1-2-14(16)12-20/h4-7,14,16H,1-3,8-12,20H2/t14-,16-/m1/s1. The molecule has 1 saturated heterocycles. The number of carbonyl (C=O) groups is 2. The Balaban J connectivity index is 1.56. The van der Waals surface area contributed by atoms with Crippen molar-refractivity contribution in [3.05, 3.63) is 34.9 Å². The minimum Gasteiger partial charge on any atom is -0.339 e. The third-order valence-corrected chi connectivity index (χ3v) is 5.50. The minimum absolute atomic E-state index is 0.000494. The van der Waals surface area contributed by atoms with Crippen LogP contribution in [-0.2, 0) is 4.79 Å². The Morgan fingerprint density at radius 2 is 1.67 bits per heavy atom. The summed E-state index contributed by atoms with van der Waals surface area (Å²) in [5, 5.41) is 0.619. The van der Waals surface area contributed by atoms with Gasteiger partial charge < -0.3 is 15.5 Å². The first-order valence-corrected chi connectivity index (χ1v) is 9.01. The van der Waals surface area contributed by atoms with E-state index in [2.05, 4.69) is 0 Å². The van der Waals surface area contributed by atoms with Gasteiger partial charge in [-0.3, -0.25) is 9.59 Å². The highest BCUT2D eigenvalue weighted by molar-refractivity contribution is 6.30. The van der Waals surface area contributed by atoms with Crippen molar-refractivity contribution in [1.82, 2.24) is 9.80 Å². The van der Waals surface area contributed by atoms with Gasteiger partial charge in [0.25, 0.3) is 5.91 Å². The smallest absolute Gasteiger partial charge is 0.253 e. The maximum atomic E-state index is 12.7. The third-order valence-electron chi connectivity index (χ3n) is 5.25. The van der Waals surface area contributed by atoms with Crippen molar-refractivity contribution < 1.29 is 9.59 Å². The van der Waals surface area contributed by atoms with Crippen LogP contribution in [0, 0.1) is 11.8 Å². The number of rotatable bonds is 3. The number of nitrogens with zero attached hydrogens (tertiary/aromatic N) is 2. The van der Waals surface area contributed by atoms with Crippen LogP contribution in [0.1, 0.15) is 29.6 Å². The summed E-state index contributed by atoms with van der Waals surface area (Å²) in [7, 11) is 0. The summed E-state index contributed by atoms with van der Waals surface area (Å²) < 4.78 is 0. The fraction of sp³-hybridized carbons (Fsp3) is 0.556. The molecule has 2 N–H and O–H groups in total. The van der Waals surface area contributed by atoms with Gasteiger partial charge in [0.05, 0.1) is 0 Å². The quantitative estimate of drug-likeness (QED) is 0.907. The van der Waals surface area contributed by atoms with Crippen LogP contribution in [0.5, 0.6) is 0 Å². The van der Waals surface area contributed by atoms with Gasteiger partial charge in [0, 0.05) is 42.7 Å². The Bertz CT molecular complexity index is 597. The van der Waals surface area contributed by atoms with E-state index < -0.39 is 0 Å². The second-order valence-corrected chi connectivity index (χ2v) is 7.09. The zero-order valence-electron chi connectivity index (χ0n) is 13.8. The van der Waals surface area contributed by atoms with Crippen molar-refractivity contribution in [3.63, 3.8) is 0 Å². The van der Waals surface area contributed by atoms with E-state index in [1.54, 1.807) is 24.3 Å². The number of hydrogen-bond donors (Lipinski definition) is 1. The van der Waals surface area contributed by atoms with Gasteiger partial charge in [-0.15, -0.1) is 0 Å². The van der Waals surface area contributed by atoms with Crippen molar-refractivity contribution in [2.75, 3.05) is 32.7 Å². The van der Waals surface area contributed by atoms with Gasteiger partial charge in [0.15, 0.2) is 0 Å². The predicted octanol–water partition coefficient (Wildman–Crippen LogP) is 2.00. The maximum absolute atomic E-state index is 12.7. The molecule has 2 amide bonds. The summed E-state index contributed by atoms with van der Waals surface area (Å²) in [5.74, 6) is 0.626. The minimum atomic E-state index is -0.000494. The highest BCUT2D eigenvalue weighted by Gasteiger charge is 2.36. The van der Waals surface area contributed by atoms with E-state index in [1.165, 1.54) is 0 Å². The van der Waals surface area contributed by atoms with Crippen molar-refractivity contribution >= 4 is 23.4 Å². The fourth-order valence-corrected chi connectivity index (χ4v) is 3.91. The van der Waals surface area contributed by atoms with E-state index in [-0.39, 0.29) is 17.7 Å². The molecule has 2 fully saturated rings. The van der Waals surface area contributed by atoms with Crippen LogP contribution in [-0.4, -0.2) is 54.3 Å². The molecule has 1 heterocycles. The molecule has 2 atom stereocenters. The van der Waals surface area contributed by atoms with Crippen molar-refractivity contribution in [3.8, 4) is 0 Å². The van der Waals surface area contributed by atoms with E-state index in [1.807, 2.05) is 9.80 Å². The molecule has 3 rings (SSSR count). The molecule has 24 heavy (non-hydrogen) atoms. The van der Waals surface area contributed by atoms with E-state index in [0.717, 1.165) is 19.3 Å². The Kier molecular flexibility index (Phi) is 5.41. The lowest BCUT2D eigenvalue weighted by Crippen LogP contribution is -2.52. The average Bonchev–Trinajstić information content (AvgIpc) is 3.10. The second-order valence-electron chi connectivity index (χ2n) is 6.66. The van der Waals surface area contributed by atoms with E-state index in [0.29, 0.717) is 49.2 Å². The molecular weight excluding hydrogens is 326 g/mol. The molecule has 2 aliphatic rings. The van der Waals surface area contributed by atoms with Gasteiger partial charge in [-0.2, -0.15) is 0 Å². The van der Waals surface area contributed by atoms with Crippen LogP contribution in [0.4, 0.5) is 0 Å². The van der Waals surface area contributed by atoms with Crippen LogP contribution < -0.4 is 5.73 Å². The van der Waals surface area contributed by atoms with Gasteiger partial charge in [-0.05, 0) is 49.6 Å². The Morgan fingerprint density at radius 3 is 2.29 bits per heavy atom. The molecule has 1 aliphatic heterocycles. The molecule has 1 aliphatic carbocycles. The normalized spacial score (nSPS) is 24.2. The monoisotopic (exact) mass is 349 g/mol. The van der Waals surface area contributed by atoms with E-state index in [4.69, 9.17) is 17.3 Å². The number of piperazine rings is 1. The molecule has 6 heteroatoms. The van der Waals surface area contributed by atoms with Crippen LogP contribution in [0.3, 0.4) is 0 Å². The van der Waals surface area contributed by atoms with Crippen molar-refractivity contribution in [2.45, 2.75) is 19.3 Å². The first kappa shape index (κ1) is 17.2. The molecule has 1 saturated carbocycles. The SMILES string of the molecule is NC[C@H]1CCC[C@H]1C(=O)N1CCN(C(=O)c2ccc(Cl)cc2)CC1. The average molecular weight is 350 g/mol. The summed E-state index contributed by atoms with van der Waals surface area (Å²) in [6, 6.07) is 6.93. The number of benzene rings is 1. The molecule has 0 spiro atoms. The molecule has 1 aromatic rings. The summed E-state index contributed by atoms with van der Waals surface area (Å²) >= 11 is 5.86. The highest BCUT2D eigenvalue weighted by Crippen LogP contribution is 2.32. The number of hydrogen-bond acceptors (Lipinski definition) is 3. The largest absolute Gasteiger partial charge is 0.339 e. The first-order valence-electron chi connectivity index (χ1n) is 8.64. The number of halogens is 1.